The molecule has 152 valence electrons. The molecule has 0 radical (unpaired) electrons. The molecule has 3 aliphatic rings. The van der Waals surface area contributed by atoms with Crippen LogP contribution in [0, 0.1) is 17.3 Å². The van der Waals surface area contributed by atoms with E-state index in [1.54, 1.807) is 11.8 Å². The van der Waals surface area contributed by atoms with Crippen molar-refractivity contribution in [2.75, 3.05) is 18.8 Å². The fourth-order valence-corrected chi connectivity index (χ4v) is 5.65. The number of thioether (sulfide) groups is 1. The summed E-state index contributed by atoms with van der Waals surface area (Å²) in [4.78, 5) is 16.4. The SMILES string of the molecule is CC1(C)C2CC=C(CN(CCc3ccccc3)C(=O)CSc3ccccc3)C1C2. The summed E-state index contributed by atoms with van der Waals surface area (Å²) in [6.45, 7) is 6.38. The maximum Gasteiger partial charge on any atom is 0.233 e. The summed E-state index contributed by atoms with van der Waals surface area (Å²) in [6, 6.07) is 20.7. The highest BCUT2D eigenvalue weighted by Crippen LogP contribution is 2.59. The third kappa shape index (κ3) is 4.61. The van der Waals surface area contributed by atoms with Gasteiger partial charge in [0.1, 0.15) is 0 Å². The molecule has 0 saturated heterocycles. The van der Waals surface area contributed by atoms with Gasteiger partial charge >= 0.3 is 0 Å². The Balaban J connectivity index is 1.43. The van der Waals surface area contributed by atoms with E-state index in [-0.39, 0.29) is 5.91 Å². The van der Waals surface area contributed by atoms with E-state index in [9.17, 15) is 4.79 Å². The van der Waals surface area contributed by atoms with Crippen LogP contribution in [0.4, 0.5) is 0 Å². The van der Waals surface area contributed by atoms with Gasteiger partial charge in [-0.15, -0.1) is 11.8 Å². The van der Waals surface area contributed by atoms with E-state index in [0.29, 0.717) is 17.1 Å². The van der Waals surface area contributed by atoms with Gasteiger partial charge in [-0.3, -0.25) is 4.79 Å². The van der Waals surface area contributed by atoms with E-state index < -0.39 is 0 Å². The third-order valence-electron chi connectivity index (χ3n) is 6.93. The summed E-state index contributed by atoms with van der Waals surface area (Å²) in [5, 5.41) is 0. The van der Waals surface area contributed by atoms with E-state index in [4.69, 9.17) is 0 Å². The van der Waals surface area contributed by atoms with Crippen LogP contribution in [0.1, 0.15) is 32.3 Å². The Morgan fingerprint density at radius 3 is 2.41 bits per heavy atom. The molecule has 0 aromatic heterocycles. The predicted octanol–water partition coefficient (Wildman–Crippen LogP) is 5.84. The molecule has 1 amide bonds. The predicted molar refractivity (Wildman–Crippen MR) is 122 cm³/mol. The molecule has 3 heteroatoms. The number of hydrogen-bond acceptors (Lipinski definition) is 2. The molecule has 0 heterocycles. The minimum absolute atomic E-state index is 0.245. The van der Waals surface area contributed by atoms with Crippen molar-refractivity contribution in [1.29, 1.82) is 0 Å². The Labute approximate surface area is 179 Å². The number of benzene rings is 2. The van der Waals surface area contributed by atoms with E-state index in [1.165, 1.54) is 24.0 Å². The molecule has 5 rings (SSSR count). The highest BCUT2D eigenvalue weighted by atomic mass is 32.2. The van der Waals surface area contributed by atoms with E-state index in [1.807, 2.05) is 24.3 Å². The molecule has 0 N–H and O–H groups in total. The lowest BCUT2D eigenvalue weighted by Crippen LogP contribution is -2.50. The molecular weight excluding hydrogens is 374 g/mol. The zero-order chi connectivity index (χ0) is 20.3. The highest BCUT2D eigenvalue weighted by Gasteiger charge is 2.51. The first-order valence-electron chi connectivity index (χ1n) is 10.7. The lowest BCUT2D eigenvalue weighted by Gasteiger charge is -2.57. The second-order valence-corrected chi connectivity index (χ2v) is 10.0. The second kappa shape index (κ2) is 8.79. The van der Waals surface area contributed by atoms with Crippen LogP contribution in [-0.4, -0.2) is 29.6 Å². The van der Waals surface area contributed by atoms with Gasteiger partial charge in [-0.1, -0.05) is 74.0 Å². The first-order valence-corrected chi connectivity index (χ1v) is 11.7. The van der Waals surface area contributed by atoms with E-state index in [2.05, 4.69) is 61.2 Å². The van der Waals surface area contributed by atoms with Crippen molar-refractivity contribution in [2.24, 2.45) is 17.3 Å². The second-order valence-electron chi connectivity index (χ2n) is 8.97. The van der Waals surface area contributed by atoms with Crippen LogP contribution < -0.4 is 0 Å². The molecule has 2 atom stereocenters. The molecular formula is C26H31NOS. The van der Waals surface area contributed by atoms with Crippen LogP contribution in [0.3, 0.4) is 0 Å². The van der Waals surface area contributed by atoms with Crippen LogP contribution in [0.15, 0.2) is 77.2 Å². The maximum absolute atomic E-state index is 13.2. The Kier molecular flexibility index (Phi) is 6.15. The summed E-state index contributed by atoms with van der Waals surface area (Å²) in [5.41, 5.74) is 3.18. The third-order valence-corrected chi connectivity index (χ3v) is 7.92. The van der Waals surface area contributed by atoms with Crippen LogP contribution in [0.25, 0.3) is 0 Å². The van der Waals surface area contributed by atoms with Crippen molar-refractivity contribution < 1.29 is 4.79 Å². The molecule has 1 fully saturated rings. The molecule has 2 aromatic rings. The smallest absolute Gasteiger partial charge is 0.233 e. The van der Waals surface area contributed by atoms with Gasteiger partial charge in [-0.05, 0) is 54.2 Å². The minimum Gasteiger partial charge on any atom is -0.338 e. The quantitative estimate of drug-likeness (QED) is 0.406. The summed E-state index contributed by atoms with van der Waals surface area (Å²) in [7, 11) is 0. The molecule has 0 spiro atoms. The Morgan fingerprint density at radius 1 is 1.07 bits per heavy atom. The molecule has 2 aromatic carbocycles. The molecule has 29 heavy (non-hydrogen) atoms. The van der Waals surface area contributed by atoms with Gasteiger partial charge in [-0.2, -0.15) is 0 Å². The van der Waals surface area contributed by atoms with Crippen LogP contribution in [0.2, 0.25) is 0 Å². The molecule has 3 aliphatic carbocycles. The number of hydrogen-bond donors (Lipinski definition) is 0. The number of allylic oxidation sites excluding steroid dienone is 1. The lowest BCUT2D eigenvalue weighted by molar-refractivity contribution is -0.128. The van der Waals surface area contributed by atoms with Gasteiger partial charge in [0.2, 0.25) is 5.91 Å². The number of carbonyl (C=O) groups is 1. The van der Waals surface area contributed by atoms with Crippen molar-refractivity contribution >= 4 is 17.7 Å². The summed E-state index contributed by atoms with van der Waals surface area (Å²) in [5.74, 6) is 2.23. The van der Waals surface area contributed by atoms with Gasteiger partial charge < -0.3 is 4.90 Å². The average Bonchev–Trinajstić information content (AvgIpc) is 2.76. The molecule has 2 unspecified atom stereocenters. The Hall–Kier alpha value is -2.00. The number of rotatable bonds is 8. The van der Waals surface area contributed by atoms with Crippen LogP contribution in [0.5, 0.6) is 0 Å². The topological polar surface area (TPSA) is 20.3 Å². The Bertz CT molecular complexity index is 859. The van der Waals surface area contributed by atoms with Gasteiger partial charge in [-0.25, -0.2) is 0 Å². The lowest BCUT2D eigenvalue weighted by atomic mass is 9.49. The van der Waals surface area contributed by atoms with E-state index in [0.717, 1.165) is 30.3 Å². The van der Waals surface area contributed by atoms with Crippen molar-refractivity contribution in [3.63, 3.8) is 0 Å². The number of fused-ring (bicyclic) bond motifs is 1. The monoisotopic (exact) mass is 405 g/mol. The number of amides is 1. The van der Waals surface area contributed by atoms with Crippen molar-refractivity contribution in [2.45, 2.75) is 38.0 Å². The molecule has 2 bridgehead atoms. The van der Waals surface area contributed by atoms with E-state index >= 15 is 0 Å². The van der Waals surface area contributed by atoms with Gasteiger partial charge in [0, 0.05) is 18.0 Å². The van der Waals surface area contributed by atoms with Gasteiger partial charge in [0.15, 0.2) is 0 Å². The summed E-state index contributed by atoms with van der Waals surface area (Å²) < 4.78 is 0. The largest absolute Gasteiger partial charge is 0.338 e. The van der Waals surface area contributed by atoms with Gasteiger partial charge in [0.05, 0.1) is 5.75 Å². The molecule has 1 saturated carbocycles. The van der Waals surface area contributed by atoms with Crippen molar-refractivity contribution in [3.05, 3.63) is 77.9 Å². The molecule has 0 aliphatic heterocycles. The first-order chi connectivity index (χ1) is 14.0. The first kappa shape index (κ1) is 20.3. The standard InChI is InChI=1S/C26H31NOS/c1-26(2)22-14-13-21(24(26)17-22)18-27(16-15-20-9-5-3-6-10-20)25(28)19-29-23-11-7-4-8-12-23/h3-13,22,24H,14-19H2,1-2H3. The highest BCUT2D eigenvalue weighted by molar-refractivity contribution is 8.00. The fraction of sp³-hybridized carbons (Fsp3) is 0.423. The number of carbonyl (C=O) groups excluding carboxylic acids is 1. The van der Waals surface area contributed by atoms with Crippen molar-refractivity contribution in [3.8, 4) is 0 Å². The zero-order valence-corrected chi connectivity index (χ0v) is 18.3. The zero-order valence-electron chi connectivity index (χ0n) is 17.5. The number of nitrogens with zero attached hydrogens (tertiary/aromatic N) is 1. The maximum atomic E-state index is 13.2. The minimum atomic E-state index is 0.245. The normalized spacial score (nSPS) is 21.8. The summed E-state index contributed by atoms with van der Waals surface area (Å²) in [6.07, 6.45) is 5.82. The molecule has 2 nitrogen and oxygen atoms in total. The van der Waals surface area contributed by atoms with Crippen LogP contribution in [-0.2, 0) is 11.2 Å². The Morgan fingerprint density at radius 2 is 1.76 bits per heavy atom. The van der Waals surface area contributed by atoms with Crippen LogP contribution >= 0.6 is 11.8 Å². The average molecular weight is 406 g/mol. The summed E-state index contributed by atoms with van der Waals surface area (Å²) >= 11 is 1.64. The van der Waals surface area contributed by atoms with Crippen molar-refractivity contribution in [1.82, 2.24) is 4.90 Å². The van der Waals surface area contributed by atoms with Gasteiger partial charge in [0.25, 0.3) is 0 Å². The fourth-order valence-electron chi connectivity index (χ4n) is 4.83.